The summed E-state index contributed by atoms with van der Waals surface area (Å²) in [5.41, 5.74) is 1.27. The minimum absolute atomic E-state index is 0.561. The van der Waals surface area contributed by atoms with E-state index in [4.69, 9.17) is 4.74 Å². The van der Waals surface area contributed by atoms with Crippen LogP contribution in [0.15, 0.2) is 22.7 Å². The Labute approximate surface area is 107 Å². The van der Waals surface area contributed by atoms with Gasteiger partial charge in [0.15, 0.2) is 0 Å². The van der Waals surface area contributed by atoms with Crippen LogP contribution in [0.25, 0.3) is 0 Å². The van der Waals surface area contributed by atoms with Crippen molar-refractivity contribution in [2.75, 3.05) is 6.61 Å². The highest BCUT2D eigenvalue weighted by molar-refractivity contribution is 9.10. The standard InChI is InChI=1S/C13H20BrNO/c1-4-10(3)15-9-11-6-7-13(16-5-2)12(14)8-11/h6-8,10,15H,4-5,9H2,1-3H3/t10-/m0/s1. The van der Waals surface area contributed by atoms with Gasteiger partial charge in [-0.1, -0.05) is 13.0 Å². The number of hydrogen-bond donors (Lipinski definition) is 1. The highest BCUT2D eigenvalue weighted by atomic mass is 79.9. The van der Waals surface area contributed by atoms with Crippen LogP contribution in [0.1, 0.15) is 32.8 Å². The van der Waals surface area contributed by atoms with Gasteiger partial charge in [0.05, 0.1) is 11.1 Å². The van der Waals surface area contributed by atoms with E-state index in [9.17, 15) is 0 Å². The van der Waals surface area contributed by atoms with Crippen LogP contribution >= 0.6 is 15.9 Å². The molecule has 0 heterocycles. The van der Waals surface area contributed by atoms with E-state index in [1.807, 2.05) is 13.0 Å². The summed E-state index contributed by atoms with van der Waals surface area (Å²) in [6, 6.07) is 6.79. The van der Waals surface area contributed by atoms with Crippen molar-refractivity contribution in [3.05, 3.63) is 28.2 Å². The zero-order valence-electron chi connectivity index (χ0n) is 10.2. The molecule has 0 fully saturated rings. The highest BCUT2D eigenvalue weighted by Gasteiger charge is 2.03. The molecule has 0 aromatic heterocycles. The highest BCUT2D eigenvalue weighted by Crippen LogP contribution is 2.25. The lowest BCUT2D eigenvalue weighted by atomic mass is 10.2. The van der Waals surface area contributed by atoms with E-state index >= 15 is 0 Å². The monoisotopic (exact) mass is 285 g/mol. The van der Waals surface area contributed by atoms with Gasteiger partial charge in [-0.2, -0.15) is 0 Å². The van der Waals surface area contributed by atoms with Crippen molar-refractivity contribution < 1.29 is 4.74 Å². The van der Waals surface area contributed by atoms with Crippen molar-refractivity contribution in [3.8, 4) is 5.75 Å². The molecule has 0 unspecified atom stereocenters. The van der Waals surface area contributed by atoms with Gasteiger partial charge in [0, 0.05) is 12.6 Å². The summed E-state index contributed by atoms with van der Waals surface area (Å²) < 4.78 is 6.50. The molecule has 1 rings (SSSR count). The smallest absolute Gasteiger partial charge is 0.133 e. The van der Waals surface area contributed by atoms with E-state index in [-0.39, 0.29) is 0 Å². The lowest BCUT2D eigenvalue weighted by Gasteiger charge is -2.12. The Morgan fingerprint density at radius 1 is 1.38 bits per heavy atom. The summed E-state index contributed by atoms with van der Waals surface area (Å²) >= 11 is 3.52. The fraction of sp³-hybridized carbons (Fsp3) is 0.538. The molecule has 1 N–H and O–H groups in total. The molecule has 0 saturated heterocycles. The van der Waals surface area contributed by atoms with Crippen molar-refractivity contribution in [2.45, 2.75) is 39.8 Å². The van der Waals surface area contributed by atoms with Crippen LogP contribution in [-0.4, -0.2) is 12.6 Å². The third-order valence-electron chi connectivity index (χ3n) is 2.56. The number of nitrogens with one attached hydrogen (secondary N) is 1. The number of benzene rings is 1. The minimum Gasteiger partial charge on any atom is -0.493 e. The second kappa shape index (κ2) is 6.92. The maximum atomic E-state index is 5.47. The quantitative estimate of drug-likeness (QED) is 0.860. The fourth-order valence-corrected chi connectivity index (χ4v) is 1.90. The maximum absolute atomic E-state index is 5.47. The van der Waals surface area contributed by atoms with Gasteiger partial charge in [-0.25, -0.2) is 0 Å². The Balaban J connectivity index is 2.59. The summed E-state index contributed by atoms with van der Waals surface area (Å²) in [6.45, 7) is 7.98. The van der Waals surface area contributed by atoms with Crippen molar-refractivity contribution in [1.82, 2.24) is 5.32 Å². The number of rotatable bonds is 6. The predicted molar refractivity (Wildman–Crippen MR) is 71.9 cm³/mol. The molecule has 2 nitrogen and oxygen atoms in total. The molecule has 90 valence electrons. The Morgan fingerprint density at radius 2 is 2.12 bits per heavy atom. The predicted octanol–water partition coefficient (Wildman–Crippen LogP) is 3.74. The molecule has 16 heavy (non-hydrogen) atoms. The van der Waals surface area contributed by atoms with Crippen LogP contribution in [0.3, 0.4) is 0 Å². The molecule has 3 heteroatoms. The van der Waals surface area contributed by atoms with Crippen molar-refractivity contribution in [3.63, 3.8) is 0 Å². The molecule has 0 radical (unpaired) electrons. The van der Waals surface area contributed by atoms with Crippen LogP contribution < -0.4 is 10.1 Å². The Hall–Kier alpha value is -0.540. The largest absolute Gasteiger partial charge is 0.493 e. The van der Waals surface area contributed by atoms with Crippen molar-refractivity contribution >= 4 is 15.9 Å². The van der Waals surface area contributed by atoms with Crippen LogP contribution in [0, 0.1) is 0 Å². The van der Waals surface area contributed by atoms with Crippen LogP contribution in [0.5, 0.6) is 5.75 Å². The average molecular weight is 286 g/mol. The fourth-order valence-electron chi connectivity index (χ4n) is 1.36. The second-order valence-electron chi connectivity index (χ2n) is 3.89. The lowest BCUT2D eigenvalue weighted by Crippen LogP contribution is -2.24. The Morgan fingerprint density at radius 3 is 2.69 bits per heavy atom. The normalized spacial score (nSPS) is 12.5. The molecular weight excluding hydrogens is 266 g/mol. The van der Waals surface area contributed by atoms with E-state index in [1.54, 1.807) is 0 Å². The van der Waals surface area contributed by atoms with E-state index in [2.05, 4.69) is 47.2 Å². The summed E-state index contributed by atoms with van der Waals surface area (Å²) in [5.74, 6) is 0.912. The minimum atomic E-state index is 0.561. The summed E-state index contributed by atoms with van der Waals surface area (Å²) in [7, 11) is 0. The molecule has 0 saturated carbocycles. The molecule has 0 aliphatic heterocycles. The average Bonchev–Trinajstić information content (AvgIpc) is 2.29. The summed E-state index contributed by atoms with van der Waals surface area (Å²) in [4.78, 5) is 0. The van der Waals surface area contributed by atoms with Gasteiger partial charge in [-0.3, -0.25) is 0 Å². The van der Waals surface area contributed by atoms with Gasteiger partial charge in [0.25, 0.3) is 0 Å². The van der Waals surface area contributed by atoms with Crippen LogP contribution in [0.2, 0.25) is 0 Å². The van der Waals surface area contributed by atoms with Crippen LogP contribution in [0.4, 0.5) is 0 Å². The van der Waals surface area contributed by atoms with E-state index in [1.165, 1.54) is 5.56 Å². The first kappa shape index (κ1) is 13.5. The van der Waals surface area contributed by atoms with Gasteiger partial charge < -0.3 is 10.1 Å². The van der Waals surface area contributed by atoms with Crippen molar-refractivity contribution in [1.29, 1.82) is 0 Å². The van der Waals surface area contributed by atoms with Gasteiger partial charge in [-0.15, -0.1) is 0 Å². The summed E-state index contributed by atoms with van der Waals surface area (Å²) in [6.07, 6.45) is 1.15. The van der Waals surface area contributed by atoms with E-state index in [0.717, 1.165) is 23.2 Å². The number of halogens is 1. The number of hydrogen-bond acceptors (Lipinski definition) is 2. The third kappa shape index (κ3) is 4.14. The first-order chi connectivity index (χ1) is 7.67. The molecule has 0 spiro atoms. The first-order valence-electron chi connectivity index (χ1n) is 5.82. The number of ether oxygens (including phenoxy) is 1. The maximum Gasteiger partial charge on any atom is 0.133 e. The SMILES string of the molecule is CCOc1ccc(CN[C@@H](C)CC)cc1Br. The molecule has 1 aromatic carbocycles. The Kier molecular flexibility index (Phi) is 5.85. The molecule has 0 bridgehead atoms. The second-order valence-corrected chi connectivity index (χ2v) is 4.74. The molecular formula is C13H20BrNO. The Bertz CT molecular complexity index is 328. The van der Waals surface area contributed by atoms with Gasteiger partial charge in [-0.05, 0) is 53.9 Å². The zero-order chi connectivity index (χ0) is 12.0. The molecule has 0 aliphatic rings. The summed E-state index contributed by atoms with van der Waals surface area (Å²) in [5, 5.41) is 3.47. The molecule has 1 atom stereocenters. The van der Waals surface area contributed by atoms with Gasteiger partial charge >= 0.3 is 0 Å². The first-order valence-corrected chi connectivity index (χ1v) is 6.61. The van der Waals surface area contributed by atoms with Crippen molar-refractivity contribution in [2.24, 2.45) is 0 Å². The topological polar surface area (TPSA) is 21.3 Å². The molecule has 0 amide bonds. The van der Waals surface area contributed by atoms with Gasteiger partial charge in [0.1, 0.15) is 5.75 Å². The zero-order valence-corrected chi connectivity index (χ0v) is 11.8. The molecule has 1 aromatic rings. The van der Waals surface area contributed by atoms with Gasteiger partial charge in [0.2, 0.25) is 0 Å². The lowest BCUT2D eigenvalue weighted by molar-refractivity contribution is 0.338. The van der Waals surface area contributed by atoms with E-state index < -0.39 is 0 Å². The van der Waals surface area contributed by atoms with E-state index in [0.29, 0.717) is 12.6 Å². The van der Waals surface area contributed by atoms with Crippen LogP contribution in [-0.2, 0) is 6.54 Å². The molecule has 0 aliphatic carbocycles. The third-order valence-corrected chi connectivity index (χ3v) is 3.18.